The second-order valence-electron chi connectivity index (χ2n) is 7.50. The molecule has 7 nitrogen and oxygen atoms in total. The molecule has 1 aliphatic heterocycles. The summed E-state index contributed by atoms with van der Waals surface area (Å²) < 4.78 is 17.8. The van der Waals surface area contributed by atoms with Crippen molar-refractivity contribution in [3.8, 4) is 17.2 Å². The van der Waals surface area contributed by atoms with Crippen LogP contribution in [0.4, 0.5) is 0 Å². The van der Waals surface area contributed by atoms with Crippen molar-refractivity contribution in [2.75, 3.05) is 13.4 Å². The molecule has 1 aromatic heterocycles. The molecule has 1 aliphatic rings. The molecule has 0 spiro atoms. The lowest BCUT2D eigenvalue weighted by molar-refractivity contribution is -0.124. The zero-order valence-electron chi connectivity index (χ0n) is 17.7. The fourth-order valence-electron chi connectivity index (χ4n) is 3.57. The predicted octanol–water partition coefficient (Wildman–Crippen LogP) is 3.60. The first-order chi connectivity index (χ1) is 14.9. The predicted molar refractivity (Wildman–Crippen MR) is 115 cm³/mol. The quantitative estimate of drug-likeness (QED) is 0.617. The van der Waals surface area contributed by atoms with Gasteiger partial charge >= 0.3 is 5.97 Å². The van der Waals surface area contributed by atoms with Crippen LogP contribution in [0.5, 0.6) is 11.5 Å². The number of rotatable bonds is 6. The molecule has 3 aromatic rings. The first-order valence-corrected chi connectivity index (χ1v) is 10.0. The van der Waals surface area contributed by atoms with Gasteiger partial charge in [0.2, 0.25) is 6.79 Å². The van der Waals surface area contributed by atoms with Gasteiger partial charge in [0, 0.05) is 23.6 Å². The van der Waals surface area contributed by atoms with Gasteiger partial charge in [0.15, 0.2) is 18.1 Å². The van der Waals surface area contributed by atoms with Crippen molar-refractivity contribution >= 4 is 11.9 Å². The van der Waals surface area contributed by atoms with Gasteiger partial charge in [0.25, 0.3) is 5.91 Å². The molecule has 0 aliphatic carbocycles. The number of carbonyl (C=O) groups is 2. The Morgan fingerprint density at radius 1 is 1.00 bits per heavy atom. The molecule has 0 saturated carbocycles. The lowest BCUT2D eigenvalue weighted by atomic mass is 10.2. The van der Waals surface area contributed by atoms with Crippen LogP contribution in [-0.4, -0.2) is 29.8 Å². The molecular formula is C24H24N2O5. The van der Waals surface area contributed by atoms with Gasteiger partial charge in [-0.15, -0.1) is 0 Å². The number of benzene rings is 2. The molecule has 2 heterocycles. The number of esters is 1. The fraction of sp³-hybridized carbons (Fsp3) is 0.250. The van der Waals surface area contributed by atoms with Crippen molar-refractivity contribution in [3.63, 3.8) is 0 Å². The van der Waals surface area contributed by atoms with E-state index >= 15 is 0 Å². The minimum Gasteiger partial charge on any atom is -0.454 e. The summed E-state index contributed by atoms with van der Waals surface area (Å²) in [6, 6.07) is 15.3. The topological polar surface area (TPSA) is 78.8 Å². The largest absolute Gasteiger partial charge is 0.454 e. The van der Waals surface area contributed by atoms with Crippen LogP contribution in [0.3, 0.4) is 0 Å². The lowest BCUT2D eigenvalue weighted by Crippen LogP contribution is -2.28. The molecule has 0 unspecified atom stereocenters. The molecule has 31 heavy (non-hydrogen) atoms. The summed E-state index contributed by atoms with van der Waals surface area (Å²) in [6.45, 7) is 5.97. The minimum absolute atomic E-state index is 0.200. The average Bonchev–Trinajstić information content (AvgIpc) is 3.34. The first kappa shape index (κ1) is 20.5. The number of nitrogens with one attached hydrogen (secondary N) is 1. The van der Waals surface area contributed by atoms with Gasteiger partial charge < -0.3 is 24.1 Å². The Hall–Kier alpha value is -3.74. The zero-order valence-corrected chi connectivity index (χ0v) is 17.7. The van der Waals surface area contributed by atoms with E-state index < -0.39 is 5.97 Å². The zero-order chi connectivity index (χ0) is 22.0. The third-order valence-electron chi connectivity index (χ3n) is 5.20. The van der Waals surface area contributed by atoms with E-state index in [0.717, 1.165) is 28.2 Å². The molecule has 7 heteroatoms. The second-order valence-corrected chi connectivity index (χ2v) is 7.50. The molecule has 0 atom stereocenters. The monoisotopic (exact) mass is 420 g/mol. The van der Waals surface area contributed by atoms with E-state index in [9.17, 15) is 9.59 Å². The Balaban J connectivity index is 1.35. The van der Waals surface area contributed by atoms with Crippen molar-refractivity contribution in [1.82, 2.24) is 9.88 Å². The average molecular weight is 420 g/mol. The van der Waals surface area contributed by atoms with Gasteiger partial charge in [-0.2, -0.15) is 0 Å². The summed E-state index contributed by atoms with van der Waals surface area (Å²) in [5, 5.41) is 2.74. The van der Waals surface area contributed by atoms with E-state index in [2.05, 4.69) is 5.32 Å². The minimum atomic E-state index is -0.523. The molecular weight excluding hydrogens is 396 g/mol. The Morgan fingerprint density at radius 2 is 1.74 bits per heavy atom. The number of ether oxygens (including phenoxy) is 3. The maximum absolute atomic E-state index is 12.6. The standard InChI is InChI=1S/C24H24N2O5/c1-15-4-7-19(8-5-15)26-16(2)10-20(17(26)3)24(28)29-13-23(27)25-12-18-6-9-21-22(11-18)31-14-30-21/h4-11H,12-14H2,1-3H3,(H,25,27). The molecule has 2 aromatic carbocycles. The summed E-state index contributed by atoms with van der Waals surface area (Å²) in [5.74, 6) is 0.442. The maximum Gasteiger partial charge on any atom is 0.340 e. The van der Waals surface area contributed by atoms with E-state index in [1.54, 1.807) is 12.1 Å². The van der Waals surface area contributed by atoms with Crippen molar-refractivity contribution in [2.24, 2.45) is 0 Å². The van der Waals surface area contributed by atoms with Crippen LogP contribution in [0.15, 0.2) is 48.5 Å². The normalized spacial score (nSPS) is 12.0. The van der Waals surface area contributed by atoms with Crippen molar-refractivity contribution < 1.29 is 23.8 Å². The fourth-order valence-corrected chi connectivity index (χ4v) is 3.57. The first-order valence-electron chi connectivity index (χ1n) is 10.0. The molecule has 1 amide bonds. The molecule has 160 valence electrons. The van der Waals surface area contributed by atoms with Crippen molar-refractivity contribution in [2.45, 2.75) is 27.3 Å². The van der Waals surface area contributed by atoms with E-state index in [-0.39, 0.29) is 19.3 Å². The lowest BCUT2D eigenvalue weighted by Gasteiger charge is -2.10. The SMILES string of the molecule is Cc1ccc(-n2c(C)cc(C(=O)OCC(=O)NCc3ccc4c(c3)OCO4)c2C)cc1. The highest BCUT2D eigenvalue weighted by Gasteiger charge is 2.19. The van der Waals surface area contributed by atoms with Crippen LogP contribution >= 0.6 is 0 Å². The Morgan fingerprint density at radius 3 is 2.52 bits per heavy atom. The number of nitrogens with zero attached hydrogens (tertiary/aromatic N) is 1. The highest BCUT2D eigenvalue weighted by molar-refractivity contribution is 5.93. The van der Waals surface area contributed by atoms with Crippen LogP contribution in [0, 0.1) is 20.8 Å². The molecule has 1 N–H and O–H groups in total. The van der Waals surface area contributed by atoms with E-state index in [4.69, 9.17) is 14.2 Å². The molecule has 0 bridgehead atoms. The van der Waals surface area contributed by atoms with Gasteiger partial charge in [0.1, 0.15) is 0 Å². The summed E-state index contributed by atoms with van der Waals surface area (Å²) in [4.78, 5) is 24.7. The van der Waals surface area contributed by atoms with Crippen LogP contribution in [-0.2, 0) is 16.1 Å². The molecule has 0 radical (unpaired) electrons. The third kappa shape index (κ3) is 4.40. The summed E-state index contributed by atoms with van der Waals surface area (Å²) in [6.07, 6.45) is 0. The summed E-state index contributed by atoms with van der Waals surface area (Å²) in [7, 11) is 0. The number of hydrogen-bond acceptors (Lipinski definition) is 5. The van der Waals surface area contributed by atoms with Crippen LogP contribution in [0.2, 0.25) is 0 Å². The number of aryl methyl sites for hydroxylation is 2. The van der Waals surface area contributed by atoms with Gasteiger partial charge in [-0.25, -0.2) is 4.79 Å². The van der Waals surface area contributed by atoms with Crippen LogP contribution < -0.4 is 14.8 Å². The van der Waals surface area contributed by atoms with E-state index in [1.807, 2.05) is 61.7 Å². The van der Waals surface area contributed by atoms with Crippen LogP contribution in [0.25, 0.3) is 5.69 Å². The summed E-state index contributed by atoms with van der Waals surface area (Å²) >= 11 is 0. The van der Waals surface area contributed by atoms with Gasteiger partial charge in [-0.3, -0.25) is 4.79 Å². The van der Waals surface area contributed by atoms with E-state index in [0.29, 0.717) is 23.6 Å². The van der Waals surface area contributed by atoms with Crippen molar-refractivity contribution in [1.29, 1.82) is 0 Å². The number of amides is 1. The molecule has 0 fully saturated rings. The third-order valence-corrected chi connectivity index (χ3v) is 5.20. The Labute approximate surface area is 180 Å². The molecule has 0 saturated heterocycles. The smallest absolute Gasteiger partial charge is 0.340 e. The Kier molecular flexibility index (Phi) is 5.66. The van der Waals surface area contributed by atoms with Gasteiger partial charge in [-0.1, -0.05) is 23.8 Å². The number of carbonyl (C=O) groups excluding carboxylic acids is 2. The second kappa shape index (κ2) is 8.55. The number of aromatic nitrogens is 1. The number of hydrogen-bond donors (Lipinski definition) is 1. The number of fused-ring (bicyclic) bond motifs is 1. The van der Waals surface area contributed by atoms with Crippen LogP contribution in [0.1, 0.15) is 32.9 Å². The summed E-state index contributed by atoms with van der Waals surface area (Å²) in [5.41, 5.74) is 5.14. The highest BCUT2D eigenvalue weighted by Crippen LogP contribution is 2.32. The van der Waals surface area contributed by atoms with Crippen molar-refractivity contribution in [3.05, 3.63) is 76.6 Å². The van der Waals surface area contributed by atoms with Gasteiger partial charge in [-0.05, 0) is 56.7 Å². The highest BCUT2D eigenvalue weighted by atomic mass is 16.7. The Bertz CT molecular complexity index is 1130. The van der Waals surface area contributed by atoms with E-state index in [1.165, 1.54) is 0 Å². The molecule has 4 rings (SSSR count). The van der Waals surface area contributed by atoms with Gasteiger partial charge in [0.05, 0.1) is 5.56 Å². The maximum atomic E-state index is 12.6.